The molecular weight excluding hydrogens is 444 g/mol. The van der Waals surface area contributed by atoms with Gasteiger partial charge in [0.05, 0.1) is 14.2 Å². The van der Waals surface area contributed by atoms with Crippen LogP contribution in [0.1, 0.15) is 16.1 Å². The van der Waals surface area contributed by atoms with Gasteiger partial charge < -0.3 is 19.2 Å². The van der Waals surface area contributed by atoms with Gasteiger partial charge in [0.1, 0.15) is 27.7 Å². The highest BCUT2D eigenvalue weighted by atomic mass is 32.2. The molecule has 0 aliphatic carbocycles. The Kier molecular flexibility index (Phi) is 5.93. The van der Waals surface area contributed by atoms with E-state index in [9.17, 15) is 13.2 Å². The maximum atomic E-state index is 13.0. The van der Waals surface area contributed by atoms with Crippen LogP contribution in [-0.2, 0) is 10.0 Å². The molecule has 0 saturated carbocycles. The first-order valence-electron chi connectivity index (χ1n) is 9.91. The van der Waals surface area contributed by atoms with Crippen molar-refractivity contribution in [1.82, 2.24) is 9.38 Å². The van der Waals surface area contributed by atoms with E-state index in [4.69, 9.17) is 9.47 Å². The minimum absolute atomic E-state index is 0.121. The molecule has 4 aromatic rings. The third-order valence-electron chi connectivity index (χ3n) is 4.90. The van der Waals surface area contributed by atoms with Crippen molar-refractivity contribution in [2.45, 2.75) is 11.8 Å². The minimum Gasteiger partial charge on any atom is -0.497 e. The number of benzene rings is 2. The number of sulfonamides is 1. The molecule has 2 heterocycles. The van der Waals surface area contributed by atoms with E-state index < -0.39 is 15.9 Å². The second kappa shape index (κ2) is 8.83. The highest BCUT2D eigenvalue weighted by Gasteiger charge is 2.21. The Morgan fingerprint density at radius 3 is 2.39 bits per heavy atom. The summed E-state index contributed by atoms with van der Waals surface area (Å²) in [5.74, 6) is 0.271. The number of amides is 1. The van der Waals surface area contributed by atoms with Gasteiger partial charge >= 0.3 is 0 Å². The predicted molar refractivity (Wildman–Crippen MR) is 125 cm³/mol. The highest BCUT2D eigenvalue weighted by Crippen LogP contribution is 2.29. The average molecular weight is 467 g/mol. The number of carbonyl (C=O) groups is 1. The number of aryl methyl sites for hydroxylation is 1. The zero-order valence-electron chi connectivity index (χ0n) is 18.2. The van der Waals surface area contributed by atoms with Crippen molar-refractivity contribution >= 4 is 33.0 Å². The van der Waals surface area contributed by atoms with Gasteiger partial charge in [0.2, 0.25) is 0 Å². The lowest BCUT2D eigenvalue weighted by Crippen LogP contribution is -2.16. The van der Waals surface area contributed by atoms with Crippen LogP contribution in [0.25, 0.3) is 5.65 Å². The maximum absolute atomic E-state index is 13.0. The molecule has 2 N–H and O–H groups in total. The first kappa shape index (κ1) is 22.2. The van der Waals surface area contributed by atoms with Gasteiger partial charge in [-0.1, -0.05) is 0 Å². The highest BCUT2D eigenvalue weighted by molar-refractivity contribution is 7.92. The van der Waals surface area contributed by atoms with Crippen LogP contribution < -0.4 is 19.5 Å². The summed E-state index contributed by atoms with van der Waals surface area (Å²) in [6, 6.07) is 14.6. The number of pyridine rings is 1. The monoisotopic (exact) mass is 466 g/mol. The summed E-state index contributed by atoms with van der Waals surface area (Å²) in [6.07, 6.45) is 3.42. The normalized spacial score (nSPS) is 11.2. The Morgan fingerprint density at radius 2 is 1.70 bits per heavy atom. The standard InChI is InChI=1S/C23H22N4O5S/c1-15-10-11-27-14-19(25-22(27)12-15)23(28)24-17-6-9-20(32-3)21(13-17)33(29,30)26-16-4-7-18(31-2)8-5-16/h4-14,26H,1-3H3,(H,24,28). The van der Waals surface area contributed by atoms with E-state index in [0.717, 1.165) is 5.56 Å². The second-order valence-corrected chi connectivity index (χ2v) is 8.90. The zero-order valence-corrected chi connectivity index (χ0v) is 19.0. The van der Waals surface area contributed by atoms with Crippen molar-refractivity contribution in [3.63, 3.8) is 0 Å². The summed E-state index contributed by atoms with van der Waals surface area (Å²) in [6.45, 7) is 1.94. The Labute approximate surface area is 191 Å². The number of ether oxygens (including phenoxy) is 2. The van der Waals surface area contributed by atoms with Gasteiger partial charge in [-0.05, 0) is 67.1 Å². The second-order valence-electron chi connectivity index (χ2n) is 7.25. The van der Waals surface area contributed by atoms with E-state index in [1.54, 1.807) is 40.9 Å². The summed E-state index contributed by atoms with van der Waals surface area (Å²) in [5, 5.41) is 2.70. The molecule has 0 fully saturated rings. The Balaban J connectivity index is 1.60. The van der Waals surface area contributed by atoms with Crippen molar-refractivity contribution in [1.29, 1.82) is 0 Å². The van der Waals surface area contributed by atoms with E-state index in [0.29, 0.717) is 17.1 Å². The van der Waals surface area contributed by atoms with Crippen molar-refractivity contribution in [2.75, 3.05) is 24.3 Å². The molecule has 0 aliphatic rings. The lowest BCUT2D eigenvalue weighted by Gasteiger charge is -2.13. The fourth-order valence-electron chi connectivity index (χ4n) is 3.22. The Bertz CT molecular complexity index is 1430. The van der Waals surface area contributed by atoms with Crippen molar-refractivity contribution in [2.24, 2.45) is 0 Å². The number of anilines is 2. The molecule has 2 aromatic heterocycles. The quantitative estimate of drug-likeness (QED) is 0.430. The molecule has 0 spiro atoms. The fraction of sp³-hybridized carbons (Fsp3) is 0.130. The average Bonchev–Trinajstić information content (AvgIpc) is 3.23. The van der Waals surface area contributed by atoms with Gasteiger partial charge in [0.15, 0.2) is 0 Å². The number of imidazole rings is 1. The maximum Gasteiger partial charge on any atom is 0.275 e. The third-order valence-corrected chi connectivity index (χ3v) is 6.30. The first-order valence-corrected chi connectivity index (χ1v) is 11.4. The molecule has 0 saturated heterocycles. The number of carbonyl (C=O) groups excluding carboxylic acids is 1. The summed E-state index contributed by atoms with van der Waals surface area (Å²) >= 11 is 0. The minimum atomic E-state index is -4.01. The molecule has 0 aliphatic heterocycles. The molecule has 0 atom stereocenters. The van der Waals surface area contributed by atoms with Crippen molar-refractivity contribution < 1.29 is 22.7 Å². The molecular formula is C23H22N4O5S. The number of methoxy groups -OCH3 is 2. The smallest absolute Gasteiger partial charge is 0.275 e. The van der Waals surface area contributed by atoms with Crippen LogP contribution in [-0.4, -0.2) is 37.9 Å². The van der Waals surface area contributed by atoms with Gasteiger partial charge in [0, 0.05) is 23.8 Å². The summed E-state index contributed by atoms with van der Waals surface area (Å²) in [5.41, 5.74) is 2.50. The molecule has 4 rings (SSSR count). The lowest BCUT2D eigenvalue weighted by atomic mass is 10.3. The van der Waals surface area contributed by atoms with E-state index in [1.807, 2.05) is 25.3 Å². The predicted octanol–water partition coefficient (Wildman–Crippen LogP) is 3.71. The number of aromatic nitrogens is 2. The van der Waals surface area contributed by atoms with Crippen molar-refractivity contribution in [3.8, 4) is 11.5 Å². The number of nitrogens with one attached hydrogen (secondary N) is 2. The van der Waals surface area contributed by atoms with Gasteiger partial charge in [-0.25, -0.2) is 13.4 Å². The van der Waals surface area contributed by atoms with E-state index >= 15 is 0 Å². The van der Waals surface area contributed by atoms with Gasteiger partial charge in [-0.3, -0.25) is 9.52 Å². The SMILES string of the molecule is COc1ccc(NS(=O)(=O)c2cc(NC(=O)c3cn4ccc(C)cc4n3)ccc2OC)cc1. The number of nitrogens with zero attached hydrogens (tertiary/aromatic N) is 2. The molecule has 1 amide bonds. The van der Waals surface area contributed by atoms with E-state index in [1.165, 1.54) is 26.4 Å². The molecule has 2 aromatic carbocycles. The Hall–Kier alpha value is -4.05. The van der Waals surface area contributed by atoms with Crippen LogP contribution in [0.3, 0.4) is 0 Å². The molecule has 0 bridgehead atoms. The largest absolute Gasteiger partial charge is 0.497 e. The van der Waals surface area contributed by atoms with Crippen LogP contribution in [0.15, 0.2) is 71.9 Å². The molecule has 0 unspecified atom stereocenters. The van der Waals surface area contributed by atoms with Crippen LogP contribution in [0, 0.1) is 6.92 Å². The topological polar surface area (TPSA) is 111 Å². The van der Waals surface area contributed by atoms with Crippen LogP contribution in [0.2, 0.25) is 0 Å². The van der Waals surface area contributed by atoms with Gasteiger partial charge in [-0.2, -0.15) is 0 Å². The number of fused-ring (bicyclic) bond motifs is 1. The van der Waals surface area contributed by atoms with Crippen LogP contribution >= 0.6 is 0 Å². The van der Waals surface area contributed by atoms with Crippen LogP contribution in [0.5, 0.6) is 11.5 Å². The van der Waals surface area contributed by atoms with Gasteiger partial charge in [-0.15, -0.1) is 0 Å². The molecule has 9 nitrogen and oxygen atoms in total. The molecule has 170 valence electrons. The first-order chi connectivity index (χ1) is 15.8. The molecule has 10 heteroatoms. The van der Waals surface area contributed by atoms with Crippen molar-refractivity contribution in [3.05, 3.63) is 78.2 Å². The lowest BCUT2D eigenvalue weighted by molar-refractivity contribution is 0.102. The summed E-state index contributed by atoms with van der Waals surface area (Å²) in [4.78, 5) is 16.9. The fourth-order valence-corrected chi connectivity index (χ4v) is 4.48. The number of hydrogen-bond acceptors (Lipinski definition) is 6. The third kappa shape index (κ3) is 4.75. The zero-order chi connectivity index (χ0) is 23.6. The molecule has 0 radical (unpaired) electrons. The molecule has 33 heavy (non-hydrogen) atoms. The van der Waals surface area contributed by atoms with E-state index in [2.05, 4.69) is 15.0 Å². The summed E-state index contributed by atoms with van der Waals surface area (Å²) < 4.78 is 40.7. The van der Waals surface area contributed by atoms with E-state index in [-0.39, 0.29) is 22.0 Å². The number of hydrogen-bond donors (Lipinski definition) is 2. The Morgan fingerprint density at radius 1 is 0.970 bits per heavy atom. The van der Waals surface area contributed by atoms with Crippen LogP contribution in [0.4, 0.5) is 11.4 Å². The summed E-state index contributed by atoms with van der Waals surface area (Å²) in [7, 11) is -1.11. The van der Waals surface area contributed by atoms with Gasteiger partial charge in [0.25, 0.3) is 15.9 Å². The number of rotatable bonds is 7.